The van der Waals surface area contributed by atoms with Gasteiger partial charge in [0.15, 0.2) is 0 Å². The summed E-state index contributed by atoms with van der Waals surface area (Å²) in [4.78, 5) is 10.6. The number of hydrogen-bond acceptors (Lipinski definition) is 3. The molecule has 0 aromatic heterocycles. The Morgan fingerprint density at radius 1 is 1.42 bits per heavy atom. The van der Waals surface area contributed by atoms with Gasteiger partial charge < -0.3 is 14.6 Å². The van der Waals surface area contributed by atoms with E-state index in [9.17, 15) is 4.79 Å². The maximum atomic E-state index is 10.6. The first-order valence-corrected chi connectivity index (χ1v) is 6.18. The van der Waals surface area contributed by atoms with Crippen LogP contribution in [0.25, 0.3) is 6.08 Å². The zero-order valence-electron chi connectivity index (χ0n) is 11.6. The molecule has 0 spiro atoms. The van der Waals surface area contributed by atoms with Crippen molar-refractivity contribution in [2.24, 2.45) is 5.92 Å². The molecule has 0 atom stereocenters. The number of carbonyl (C=O) groups is 1. The number of carboxylic acids is 1. The molecule has 104 valence electrons. The number of ether oxygens (including phenoxy) is 2. The predicted octanol–water partition coefficient (Wildman–Crippen LogP) is 2.97. The Morgan fingerprint density at radius 3 is 2.74 bits per heavy atom. The molecule has 0 fully saturated rings. The molecule has 0 aliphatic rings. The van der Waals surface area contributed by atoms with Gasteiger partial charge in [-0.2, -0.15) is 0 Å². The summed E-state index contributed by atoms with van der Waals surface area (Å²) < 4.78 is 10.7. The van der Waals surface area contributed by atoms with Gasteiger partial charge in [-0.25, -0.2) is 4.79 Å². The topological polar surface area (TPSA) is 55.8 Å². The van der Waals surface area contributed by atoms with Crippen LogP contribution in [0.1, 0.15) is 25.0 Å². The third kappa shape index (κ3) is 5.57. The smallest absolute Gasteiger partial charge is 0.328 e. The summed E-state index contributed by atoms with van der Waals surface area (Å²) in [5.41, 5.74) is 1.72. The van der Waals surface area contributed by atoms with E-state index < -0.39 is 5.97 Å². The molecule has 0 saturated carbocycles. The van der Waals surface area contributed by atoms with Crippen molar-refractivity contribution in [2.45, 2.75) is 20.5 Å². The Bertz CT molecular complexity index is 449. The van der Waals surface area contributed by atoms with E-state index in [1.807, 2.05) is 18.2 Å². The van der Waals surface area contributed by atoms with Crippen LogP contribution < -0.4 is 4.74 Å². The maximum absolute atomic E-state index is 10.6. The summed E-state index contributed by atoms with van der Waals surface area (Å²) in [6.07, 6.45) is 2.61. The third-order valence-electron chi connectivity index (χ3n) is 2.42. The van der Waals surface area contributed by atoms with Crippen molar-refractivity contribution in [3.63, 3.8) is 0 Å². The number of carboxylic acid groups (broad SMARTS) is 1. The van der Waals surface area contributed by atoms with Gasteiger partial charge in [0.25, 0.3) is 0 Å². The van der Waals surface area contributed by atoms with Gasteiger partial charge in [-0.1, -0.05) is 19.9 Å². The van der Waals surface area contributed by atoms with Crippen molar-refractivity contribution in [1.29, 1.82) is 0 Å². The predicted molar refractivity (Wildman–Crippen MR) is 74.2 cm³/mol. The molecule has 0 bridgehead atoms. The first-order chi connectivity index (χ1) is 9.02. The summed E-state index contributed by atoms with van der Waals surface area (Å²) in [6.45, 7) is 5.40. The monoisotopic (exact) mass is 264 g/mol. The van der Waals surface area contributed by atoms with E-state index in [4.69, 9.17) is 14.6 Å². The van der Waals surface area contributed by atoms with E-state index in [1.54, 1.807) is 7.11 Å². The highest BCUT2D eigenvalue weighted by atomic mass is 16.5. The van der Waals surface area contributed by atoms with Gasteiger partial charge in [0.05, 0.1) is 13.7 Å². The molecule has 0 radical (unpaired) electrons. The fraction of sp³-hybridized carbons (Fsp3) is 0.400. The molecule has 0 aliphatic heterocycles. The molecule has 4 nitrogen and oxygen atoms in total. The van der Waals surface area contributed by atoms with Crippen LogP contribution in [-0.2, 0) is 16.1 Å². The molecule has 1 aromatic carbocycles. The van der Waals surface area contributed by atoms with Crippen molar-refractivity contribution in [1.82, 2.24) is 0 Å². The summed E-state index contributed by atoms with van der Waals surface area (Å²) >= 11 is 0. The Morgan fingerprint density at radius 2 is 2.16 bits per heavy atom. The number of aliphatic carboxylic acids is 1. The molecule has 1 aromatic rings. The lowest BCUT2D eigenvalue weighted by atomic mass is 10.1. The van der Waals surface area contributed by atoms with Crippen molar-refractivity contribution in [3.8, 4) is 5.75 Å². The van der Waals surface area contributed by atoms with Gasteiger partial charge in [0.1, 0.15) is 5.75 Å². The van der Waals surface area contributed by atoms with E-state index in [-0.39, 0.29) is 0 Å². The van der Waals surface area contributed by atoms with Gasteiger partial charge in [-0.15, -0.1) is 0 Å². The van der Waals surface area contributed by atoms with Crippen molar-refractivity contribution >= 4 is 12.0 Å². The Hall–Kier alpha value is -1.81. The lowest BCUT2D eigenvalue weighted by molar-refractivity contribution is -0.131. The number of methoxy groups -OCH3 is 1. The lowest BCUT2D eigenvalue weighted by Crippen LogP contribution is -2.02. The number of benzene rings is 1. The quantitative estimate of drug-likeness (QED) is 0.769. The van der Waals surface area contributed by atoms with Gasteiger partial charge in [-0.05, 0) is 29.7 Å². The molecule has 1 N–H and O–H groups in total. The van der Waals surface area contributed by atoms with E-state index in [0.29, 0.717) is 24.9 Å². The first-order valence-electron chi connectivity index (χ1n) is 6.18. The van der Waals surface area contributed by atoms with Crippen molar-refractivity contribution in [3.05, 3.63) is 35.4 Å². The largest absolute Gasteiger partial charge is 0.496 e. The standard InChI is InChI=1S/C15H20O4/c1-11(2)9-19-10-12-4-6-14(18-3)13(8-12)5-7-15(16)17/h4-8,11H,9-10H2,1-3H3,(H,16,17). The Kier molecular flexibility index (Phi) is 6.09. The van der Waals surface area contributed by atoms with Crippen LogP contribution in [0.2, 0.25) is 0 Å². The molecule has 4 heteroatoms. The summed E-state index contributed by atoms with van der Waals surface area (Å²) in [5, 5.41) is 8.66. The molecule has 0 aliphatic carbocycles. The molecular formula is C15H20O4. The van der Waals surface area contributed by atoms with Crippen molar-refractivity contribution in [2.75, 3.05) is 13.7 Å². The highest BCUT2D eigenvalue weighted by molar-refractivity contribution is 5.85. The number of rotatable bonds is 7. The second kappa shape index (κ2) is 7.59. The van der Waals surface area contributed by atoms with Crippen LogP contribution in [0.5, 0.6) is 5.75 Å². The van der Waals surface area contributed by atoms with Gasteiger partial charge in [-0.3, -0.25) is 0 Å². The first kappa shape index (κ1) is 15.2. The fourth-order valence-electron chi connectivity index (χ4n) is 1.58. The van der Waals surface area contributed by atoms with E-state index in [0.717, 1.165) is 17.2 Å². The highest BCUT2D eigenvalue weighted by Crippen LogP contribution is 2.22. The normalized spacial score (nSPS) is 11.2. The fourth-order valence-corrected chi connectivity index (χ4v) is 1.58. The zero-order chi connectivity index (χ0) is 14.3. The molecule has 0 heterocycles. The van der Waals surface area contributed by atoms with E-state index >= 15 is 0 Å². The third-order valence-corrected chi connectivity index (χ3v) is 2.42. The minimum Gasteiger partial charge on any atom is -0.496 e. The van der Waals surface area contributed by atoms with Gasteiger partial charge in [0.2, 0.25) is 0 Å². The summed E-state index contributed by atoms with van der Waals surface area (Å²) in [5.74, 6) is 0.151. The molecule has 19 heavy (non-hydrogen) atoms. The second-order valence-electron chi connectivity index (χ2n) is 4.66. The second-order valence-corrected chi connectivity index (χ2v) is 4.66. The molecule has 0 saturated heterocycles. The molecule has 0 amide bonds. The SMILES string of the molecule is COc1ccc(COCC(C)C)cc1C=CC(=O)O. The van der Waals surface area contributed by atoms with Crippen molar-refractivity contribution < 1.29 is 19.4 Å². The summed E-state index contributed by atoms with van der Waals surface area (Å²) in [6, 6.07) is 5.60. The van der Waals surface area contributed by atoms with Crippen LogP contribution in [-0.4, -0.2) is 24.8 Å². The molecule has 1 rings (SSSR count). The van der Waals surface area contributed by atoms with Gasteiger partial charge in [0, 0.05) is 18.2 Å². The minimum atomic E-state index is -0.983. The average Bonchev–Trinajstić information content (AvgIpc) is 2.36. The zero-order valence-corrected chi connectivity index (χ0v) is 11.6. The van der Waals surface area contributed by atoms with Gasteiger partial charge >= 0.3 is 5.97 Å². The summed E-state index contributed by atoms with van der Waals surface area (Å²) in [7, 11) is 1.56. The lowest BCUT2D eigenvalue weighted by Gasteiger charge is -2.10. The van der Waals surface area contributed by atoms with Crippen LogP contribution in [0, 0.1) is 5.92 Å². The maximum Gasteiger partial charge on any atom is 0.328 e. The highest BCUT2D eigenvalue weighted by Gasteiger charge is 2.03. The van der Waals surface area contributed by atoms with Crippen LogP contribution in [0.3, 0.4) is 0 Å². The van der Waals surface area contributed by atoms with E-state index in [2.05, 4.69) is 13.8 Å². The number of hydrogen-bond donors (Lipinski definition) is 1. The van der Waals surface area contributed by atoms with Crippen LogP contribution in [0.4, 0.5) is 0 Å². The Balaban J connectivity index is 2.79. The molecule has 0 unspecified atom stereocenters. The van der Waals surface area contributed by atoms with E-state index in [1.165, 1.54) is 6.08 Å². The molecular weight excluding hydrogens is 244 g/mol. The van der Waals surface area contributed by atoms with Crippen LogP contribution >= 0.6 is 0 Å². The van der Waals surface area contributed by atoms with Crippen LogP contribution in [0.15, 0.2) is 24.3 Å². The average molecular weight is 264 g/mol. The Labute approximate surface area is 113 Å². The minimum absolute atomic E-state index is 0.490.